The van der Waals surface area contributed by atoms with E-state index in [2.05, 4.69) is 15.3 Å². The highest BCUT2D eigenvalue weighted by Crippen LogP contribution is 2.25. The molecular formula is C18H20FN3O3. The van der Waals surface area contributed by atoms with Gasteiger partial charge in [0.1, 0.15) is 11.6 Å². The standard InChI is InChI=1S/C18H20FN3O3/c1-10-20-14-8-5-12(9-15(14)21-10)17(23)22-16(18(24)25-2)11-3-6-13(19)7-4-11/h3-4,6-7,12,16H,5,8-9H2,1-2H3,(H,20,21)(H,22,23). The number of rotatable bonds is 4. The second kappa shape index (κ2) is 7.04. The second-order valence-electron chi connectivity index (χ2n) is 6.20. The van der Waals surface area contributed by atoms with Gasteiger partial charge in [-0.1, -0.05) is 12.1 Å². The Bertz CT molecular complexity index is 785. The third-order valence-electron chi connectivity index (χ3n) is 4.46. The van der Waals surface area contributed by atoms with Crippen LogP contribution in [0, 0.1) is 18.7 Å². The largest absolute Gasteiger partial charge is 0.467 e. The number of carbonyl (C=O) groups is 2. The van der Waals surface area contributed by atoms with Gasteiger partial charge in [0.2, 0.25) is 5.91 Å². The summed E-state index contributed by atoms with van der Waals surface area (Å²) in [5.41, 5.74) is 2.46. The van der Waals surface area contributed by atoms with Crippen molar-refractivity contribution in [1.82, 2.24) is 15.3 Å². The van der Waals surface area contributed by atoms with Crippen molar-refractivity contribution >= 4 is 11.9 Å². The van der Waals surface area contributed by atoms with Gasteiger partial charge in [-0.2, -0.15) is 0 Å². The Morgan fingerprint density at radius 3 is 2.76 bits per heavy atom. The van der Waals surface area contributed by atoms with Crippen molar-refractivity contribution in [3.8, 4) is 0 Å². The van der Waals surface area contributed by atoms with Crippen LogP contribution in [-0.4, -0.2) is 29.0 Å². The summed E-state index contributed by atoms with van der Waals surface area (Å²) in [5, 5.41) is 2.74. The van der Waals surface area contributed by atoms with Crippen LogP contribution in [0.1, 0.15) is 35.2 Å². The van der Waals surface area contributed by atoms with E-state index in [0.717, 1.165) is 23.6 Å². The molecular weight excluding hydrogens is 325 g/mol. The molecule has 2 N–H and O–H groups in total. The van der Waals surface area contributed by atoms with Crippen molar-refractivity contribution in [2.75, 3.05) is 7.11 Å². The normalized spacial score (nSPS) is 17.5. The third-order valence-corrected chi connectivity index (χ3v) is 4.46. The average Bonchev–Trinajstić information content (AvgIpc) is 2.98. The maximum atomic E-state index is 13.1. The number of methoxy groups -OCH3 is 1. The lowest BCUT2D eigenvalue weighted by atomic mass is 9.89. The van der Waals surface area contributed by atoms with Gasteiger partial charge in [0.05, 0.1) is 12.8 Å². The molecule has 2 unspecified atom stereocenters. The molecule has 3 rings (SSSR count). The first-order valence-electron chi connectivity index (χ1n) is 8.16. The zero-order valence-electron chi connectivity index (χ0n) is 14.1. The third kappa shape index (κ3) is 3.70. The molecule has 2 aromatic rings. The van der Waals surface area contributed by atoms with Crippen LogP contribution in [0.2, 0.25) is 0 Å². The Morgan fingerprint density at radius 2 is 2.08 bits per heavy atom. The van der Waals surface area contributed by atoms with Crippen LogP contribution >= 0.6 is 0 Å². The molecule has 0 saturated carbocycles. The topological polar surface area (TPSA) is 84.1 Å². The van der Waals surface area contributed by atoms with E-state index in [1.807, 2.05) is 6.92 Å². The number of benzene rings is 1. The number of halogens is 1. The molecule has 0 saturated heterocycles. The zero-order valence-corrected chi connectivity index (χ0v) is 14.1. The van der Waals surface area contributed by atoms with Crippen molar-refractivity contribution in [3.63, 3.8) is 0 Å². The SMILES string of the molecule is COC(=O)C(NC(=O)C1CCc2nc(C)[nH]c2C1)c1ccc(F)cc1. The number of hydrogen-bond donors (Lipinski definition) is 2. The molecule has 1 amide bonds. The van der Waals surface area contributed by atoms with Crippen molar-refractivity contribution in [1.29, 1.82) is 0 Å². The maximum Gasteiger partial charge on any atom is 0.333 e. The summed E-state index contributed by atoms with van der Waals surface area (Å²) >= 11 is 0. The summed E-state index contributed by atoms with van der Waals surface area (Å²) in [6.07, 6.45) is 1.94. The first-order chi connectivity index (χ1) is 12.0. The van der Waals surface area contributed by atoms with Gasteiger partial charge >= 0.3 is 5.97 Å². The summed E-state index contributed by atoms with van der Waals surface area (Å²) < 4.78 is 17.9. The number of ether oxygens (including phenoxy) is 1. The molecule has 132 valence electrons. The van der Waals surface area contributed by atoms with E-state index in [9.17, 15) is 14.0 Å². The number of aromatic nitrogens is 2. The summed E-state index contributed by atoms with van der Waals surface area (Å²) in [4.78, 5) is 32.3. The molecule has 1 aliphatic rings. The fourth-order valence-electron chi connectivity index (χ4n) is 3.16. The number of carbonyl (C=O) groups excluding carboxylic acids is 2. The first-order valence-corrected chi connectivity index (χ1v) is 8.16. The molecule has 0 radical (unpaired) electrons. The highest BCUT2D eigenvalue weighted by molar-refractivity contribution is 5.86. The van der Waals surface area contributed by atoms with Crippen LogP contribution < -0.4 is 5.32 Å². The van der Waals surface area contributed by atoms with Gasteiger partial charge in [-0.05, 0) is 37.5 Å². The molecule has 0 fully saturated rings. The quantitative estimate of drug-likeness (QED) is 0.830. The van der Waals surface area contributed by atoms with E-state index < -0.39 is 17.8 Å². The van der Waals surface area contributed by atoms with Gasteiger partial charge in [0.15, 0.2) is 6.04 Å². The van der Waals surface area contributed by atoms with Crippen LogP contribution in [0.5, 0.6) is 0 Å². The number of aryl methyl sites for hydroxylation is 2. The Labute approximate surface area is 144 Å². The van der Waals surface area contributed by atoms with Crippen LogP contribution in [0.4, 0.5) is 4.39 Å². The minimum Gasteiger partial charge on any atom is -0.467 e. The highest BCUT2D eigenvalue weighted by Gasteiger charge is 2.31. The van der Waals surface area contributed by atoms with Crippen molar-refractivity contribution in [2.45, 2.75) is 32.2 Å². The number of nitrogens with one attached hydrogen (secondary N) is 2. The second-order valence-corrected chi connectivity index (χ2v) is 6.20. The fourth-order valence-corrected chi connectivity index (χ4v) is 3.16. The molecule has 2 atom stereocenters. The van der Waals surface area contributed by atoms with E-state index >= 15 is 0 Å². The molecule has 0 spiro atoms. The molecule has 0 bridgehead atoms. The average molecular weight is 345 g/mol. The van der Waals surface area contributed by atoms with Crippen molar-refractivity contribution < 1.29 is 18.7 Å². The molecule has 1 aromatic heterocycles. The molecule has 0 aliphatic heterocycles. The van der Waals surface area contributed by atoms with Crippen molar-refractivity contribution in [2.24, 2.45) is 5.92 Å². The predicted octanol–water partition coefficient (Wildman–Crippen LogP) is 1.99. The Kier molecular flexibility index (Phi) is 4.83. The molecule has 6 nitrogen and oxygen atoms in total. The van der Waals surface area contributed by atoms with E-state index in [-0.39, 0.29) is 11.8 Å². The first kappa shape index (κ1) is 17.1. The molecule has 1 aromatic carbocycles. The number of imidazole rings is 1. The van der Waals surface area contributed by atoms with E-state index in [1.165, 1.54) is 31.4 Å². The monoisotopic (exact) mass is 345 g/mol. The predicted molar refractivity (Wildman–Crippen MR) is 88.1 cm³/mol. The Balaban J connectivity index is 1.74. The van der Waals surface area contributed by atoms with Crippen LogP contribution in [0.25, 0.3) is 0 Å². The molecule has 1 aliphatic carbocycles. The van der Waals surface area contributed by atoms with Gasteiger partial charge in [0.25, 0.3) is 0 Å². The summed E-state index contributed by atoms with van der Waals surface area (Å²) in [5.74, 6) is -0.635. The summed E-state index contributed by atoms with van der Waals surface area (Å²) in [6, 6.07) is 4.47. The molecule has 25 heavy (non-hydrogen) atoms. The van der Waals surface area contributed by atoms with Crippen molar-refractivity contribution in [3.05, 3.63) is 52.9 Å². The van der Waals surface area contributed by atoms with Gasteiger partial charge < -0.3 is 15.0 Å². The van der Waals surface area contributed by atoms with Gasteiger partial charge in [-0.15, -0.1) is 0 Å². The molecule has 1 heterocycles. The minimum atomic E-state index is -0.956. The highest BCUT2D eigenvalue weighted by atomic mass is 19.1. The Hall–Kier alpha value is -2.70. The van der Waals surface area contributed by atoms with Crippen LogP contribution in [-0.2, 0) is 27.2 Å². The number of esters is 1. The lowest BCUT2D eigenvalue weighted by molar-refractivity contribution is -0.145. The van der Waals surface area contributed by atoms with Crippen LogP contribution in [0.3, 0.4) is 0 Å². The maximum absolute atomic E-state index is 13.1. The van der Waals surface area contributed by atoms with Gasteiger partial charge in [-0.3, -0.25) is 4.79 Å². The lowest BCUT2D eigenvalue weighted by Gasteiger charge is -2.24. The van der Waals surface area contributed by atoms with Gasteiger partial charge in [-0.25, -0.2) is 14.2 Å². The number of nitrogens with zero attached hydrogens (tertiary/aromatic N) is 1. The zero-order chi connectivity index (χ0) is 18.0. The minimum absolute atomic E-state index is 0.224. The van der Waals surface area contributed by atoms with Crippen LogP contribution in [0.15, 0.2) is 24.3 Å². The fraction of sp³-hybridized carbons (Fsp3) is 0.389. The number of fused-ring (bicyclic) bond motifs is 1. The number of hydrogen-bond acceptors (Lipinski definition) is 4. The lowest BCUT2D eigenvalue weighted by Crippen LogP contribution is -2.40. The number of aromatic amines is 1. The van der Waals surface area contributed by atoms with E-state index in [4.69, 9.17) is 4.74 Å². The molecule has 7 heteroatoms. The number of amides is 1. The summed E-state index contributed by atoms with van der Waals surface area (Å²) in [6.45, 7) is 1.88. The van der Waals surface area contributed by atoms with E-state index in [0.29, 0.717) is 18.4 Å². The smallest absolute Gasteiger partial charge is 0.333 e. The Morgan fingerprint density at radius 1 is 1.36 bits per heavy atom. The van der Waals surface area contributed by atoms with Gasteiger partial charge in [0, 0.05) is 18.0 Å². The number of H-pyrrole nitrogens is 1. The van der Waals surface area contributed by atoms with E-state index in [1.54, 1.807) is 0 Å². The summed E-state index contributed by atoms with van der Waals surface area (Å²) in [7, 11) is 1.26.